The minimum Gasteiger partial charge on any atom is -0.457 e. The number of hydrogen-bond donors (Lipinski definition) is 2. The van der Waals surface area contributed by atoms with E-state index >= 15 is 0 Å². The topological polar surface area (TPSA) is 84.5 Å². The molecule has 0 aliphatic carbocycles. The Kier molecular flexibility index (Phi) is 4.94. The van der Waals surface area contributed by atoms with Crippen molar-refractivity contribution in [2.75, 3.05) is 16.8 Å². The molecule has 2 aromatic rings. The standard InChI is InChI=1S/C18H20N2O4S/c1-13-3-2-4-17(11-13)24-16-7-5-14(6-8-16)19-18(21)20-15-9-10-25(22,23)12-15/h2-8,11,15H,9-10,12H2,1H3,(H2,19,20,21). The van der Waals surface area contributed by atoms with E-state index in [-0.39, 0.29) is 17.5 Å². The summed E-state index contributed by atoms with van der Waals surface area (Å²) in [6.07, 6.45) is 0.457. The number of carbonyl (C=O) groups excluding carboxylic acids is 1. The molecule has 132 valence electrons. The average Bonchev–Trinajstić information content (AvgIpc) is 2.88. The van der Waals surface area contributed by atoms with E-state index in [0.29, 0.717) is 17.9 Å². The van der Waals surface area contributed by atoms with E-state index in [4.69, 9.17) is 4.74 Å². The molecule has 1 aliphatic rings. The number of amides is 2. The fourth-order valence-electron chi connectivity index (χ4n) is 2.68. The summed E-state index contributed by atoms with van der Waals surface area (Å²) in [7, 11) is -3.01. The summed E-state index contributed by atoms with van der Waals surface area (Å²) < 4.78 is 28.6. The van der Waals surface area contributed by atoms with E-state index in [0.717, 1.165) is 11.3 Å². The zero-order valence-corrected chi connectivity index (χ0v) is 14.7. The van der Waals surface area contributed by atoms with Gasteiger partial charge >= 0.3 is 6.03 Å². The highest BCUT2D eigenvalue weighted by atomic mass is 32.2. The first-order chi connectivity index (χ1) is 11.9. The number of carbonyl (C=O) groups is 1. The highest BCUT2D eigenvalue weighted by Crippen LogP contribution is 2.23. The van der Waals surface area contributed by atoms with Crippen LogP contribution < -0.4 is 15.4 Å². The maximum Gasteiger partial charge on any atom is 0.319 e. The van der Waals surface area contributed by atoms with Crippen molar-refractivity contribution < 1.29 is 17.9 Å². The van der Waals surface area contributed by atoms with E-state index in [1.54, 1.807) is 24.3 Å². The number of rotatable bonds is 4. The summed E-state index contributed by atoms with van der Waals surface area (Å²) in [6, 6.07) is 14.0. The number of aryl methyl sites for hydroxylation is 1. The molecule has 3 rings (SSSR count). The molecule has 1 atom stereocenters. The van der Waals surface area contributed by atoms with Gasteiger partial charge in [0.05, 0.1) is 11.5 Å². The fourth-order valence-corrected chi connectivity index (χ4v) is 4.36. The maximum atomic E-state index is 11.9. The van der Waals surface area contributed by atoms with Crippen LogP contribution in [-0.4, -0.2) is 32.0 Å². The van der Waals surface area contributed by atoms with Gasteiger partial charge in [-0.05, 0) is 55.3 Å². The van der Waals surface area contributed by atoms with Gasteiger partial charge < -0.3 is 15.4 Å². The number of benzene rings is 2. The number of nitrogens with one attached hydrogen (secondary N) is 2. The fraction of sp³-hybridized carbons (Fsp3) is 0.278. The first-order valence-electron chi connectivity index (χ1n) is 8.02. The van der Waals surface area contributed by atoms with Crippen molar-refractivity contribution in [2.45, 2.75) is 19.4 Å². The molecule has 1 aliphatic heterocycles. The zero-order valence-electron chi connectivity index (χ0n) is 13.9. The number of hydrogen-bond acceptors (Lipinski definition) is 4. The first-order valence-corrected chi connectivity index (χ1v) is 9.84. The van der Waals surface area contributed by atoms with E-state index in [1.807, 2.05) is 31.2 Å². The Balaban J connectivity index is 1.54. The molecule has 2 N–H and O–H groups in total. The van der Waals surface area contributed by atoms with Gasteiger partial charge in [0, 0.05) is 11.7 Å². The maximum absolute atomic E-state index is 11.9. The Morgan fingerprint density at radius 2 is 1.88 bits per heavy atom. The molecule has 0 bridgehead atoms. The molecule has 2 aromatic carbocycles. The first kappa shape index (κ1) is 17.3. The summed E-state index contributed by atoms with van der Waals surface area (Å²) >= 11 is 0. The van der Waals surface area contributed by atoms with Crippen LogP contribution in [0.15, 0.2) is 48.5 Å². The third-order valence-electron chi connectivity index (χ3n) is 3.91. The minimum atomic E-state index is -3.01. The van der Waals surface area contributed by atoms with Crippen LogP contribution in [0, 0.1) is 6.92 Å². The molecular formula is C18H20N2O4S. The molecule has 1 fully saturated rings. The van der Waals surface area contributed by atoms with Gasteiger partial charge in [-0.25, -0.2) is 13.2 Å². The number of ether oxygens (including phenoxy) is 1. The zero-order chi connectivity index (χ0) is 17.9. The van der Waals surface area contributed by atoms with Crippen LogP contribution in [0.5, 0.6) is 11.5 Å². The summed E-state index contributed by atoms with van der Waals surface area (Å²) in [5.74, 6) is 1.55. The van der Waals surface area contributed by atoms with Crippen molar-refractivity contribution in [3.8, 4) is 11.5 Å². The smallest absolute Gasteiger partial charge is 0.319 e. The molecule has 1 heterocycles. The van der Waals surface area contributed by atoms with E-state index in [9.17, 15) is 13.2 Å². The van der Waals surface area contributed by atoms with Crippen LogP contribution in [0.4, 0.5) is 10.5 Å². The number of anilines is 1. The van der Waals surface area contributed by atoms with Crippen LogP contribution in [0.1, 0.15) is 12.0 Å². The Hall–Kier alpha value is -2.54. The number of sulfone groups is 1. The summed E-state index contributed by atoms with van der Waals surface area (Å²) in [5.41, 5.74) is 1.72. The lowest BCUT2D eigenvalue weighted by atomic mass is 10.2. The molecule has 7 heteroatoms. The highest BCUT2D eigenvalue weighted by Gasteiger charge is 2.28. The van der Waals surface area contributed by atoms with E-state index in [2.05, 4.69) is 10.6 Å². The summed E-state index contributed by atoms with van der Waals surface area (Å²) in [6.45, 7) is 1.99. The molecule has 0 radical (unpaired) electrons. The molecule has 0 saturated carbocycles. The largest absolute Gasteiger partial charge is 0.457 e. The normalized spacial score (nSPS) is 18.5. The molecule has 0 aromatic heterocycles. The average molecular weight is 360 g/mol. The van der Waals surface area contributed by atoms with Gasteiger partial charge in [-0.3, -0.25) is 0 Å². The monoisotopic (exact) mass is 360 g/mol. The molecule has 2 amide bonds. The quantitative estimate of drug-likeness (QED) is 0.877. The Morgan fingerprint density at radius 3 is 2.52 bits per heavy atom. The van der Waals surface area contributed by atoms with Crippen molar-refractivity contribution in [1.82, 2.24) is 5.32 Å². The van der Waals surface area contributed by atoms with Crippen LogP contribution in [0.3, 0.4) is 0 Å². The molecule has 0 spiro atoms. The Labute approximate surface area is 147 Å². The van der Waals surface area contributed by atoms with Crippen molar-refractivity contribution in [1.29, 1.82) is 0 Å². The van der Waals surface area contributed by atoms with Crippen LogP contribution in [0.2, 0.25) is 0 Å². The van der Waals surface area contributed by atoms with Crippen LogP contribution in [-0.2, 0) is 9.84 Å². The lowest BCUT2D eigenvalue weighted by molar-refractivity contribution is 0.249. The van der Waals surface area contributed by atoms with Crippen molar-refractivity contribution >= 4 is 21.6 Å². The van der Waals surface area contributed by atoms with Gasteiger partial charge in [0.15, 0.2) is 9.84 Å². The van der Waals surface area contributed by atoms with E-state index in [1.165, 1.54) is 0 Å². The second kappa shape index (κ2) is 7.14. The van der Waals surface area contributed by atoms with Gasteiger partial charge in [-0.1, -0.05) is 12.1 Å². The molecule has 1 unspecified atom stereocenters. The molecule has 6 nitrogen and oxygen atoms in total. The van der Waals surface area contributed by atoms with Crippen LogP contribution in [0.25, 0.3) is 0 Å². The molecular weight excluding hydrogens is 340 g/mol. The number of urea groups is 1. The van der Waals surface area contributed by atoms with Crippen molar-refractivity contribution in [3.63, 3.8) is 0 Å². The van der Waals surface area contributed by atoms with Gasteiger partial charge in [0.1, 0.15) is 11.5 Å². The Morgan fingerprint density at radius 1 is 1.12 bits per heavy atom. The second-order valence-corrected chi connectivity index (χ2v) is 8.37. The Bertz CT molecular complexity index is 863. The second-order valence-electron chi connectivity index (χ2n) is 6.14. The molecule has 25 heavy (non-hydrogen) atoms. The third-order valence-corrected chi connectivity index (χ3v) is 5.67. The lowest BCUT2D eigenvalue weighted by Gasteiger charge is -2.12. The van der Waals surface area contributed by atoms with Gasteiger partial charge in [0.25, 0.3) is 0 Å². The summed E-state index contributed by atoms with van der Waals surface area (Å²) in [5, 5.41) is 5.38. The molecule has 1 saturated heterocycles. The van der Waals surface area contributed by atoms with E-state index < -0.39 is 15.9 Å². The van der Waals surface area contributed by atoms with Gasteiger partial charge in [0.2, 0.25) is 0 Å². The van der Waals surface area contributed by atoms with Crippen molar-refractivity contribution in [3.05, 3.63) is 54.1 Å². The summed E-state index contributed by atoms with van der Waals surface area (Å²) in [4.78, 5) is 11.9. The van der Waals surface area contributed by atoms with Gasteiger partial charge in [-0.15, -0.1) is 0 Å². The van der Waals surface area contributed by atoms with Crippen molar-refractivity contribution in [2.24, 2.45) is 0 Å². The highest BCUT2D eigenvalue weighted by molar-refractivity contribution is 7.91. The van der Waals surface area contributed by atoms with Crippen LogP contribution >= 0.6 is 0 Å². The lowest BCUT2D eigenvalue weighted by Crippen LogP contribution is -2.38. The third kappa shape index (κ3) is 4.96. The SMILES string of the molecule is Cc1cccc(Oc2ccc(NC(=O)NC3CCS(=O)(=O)C3)cc2)c1. The predicted octanol–water partition coefficient (Wildman–Crippen LogP) is 3.10. The predicted molar refractivity (Wildman–Crippen MR) is 96.9 cm³/mol. The van der Waals surface area contributed by atoms with Gasteiger partial charge in [-0.2, -0.15) is 0 Å². The minimum absolute atomic E-state index is 0.00366.